The van der Waals surface area contributed by atoms with E-state index >= 15 is 0 Å². The van der Waals surface area contributed by atoms with E-state index in [1.54, 1.807) is 54.6 Å². The summed E-state index contributed by atoms with van der Waals surface area (Å²) in [6, 6.07) is 21.4. The van der Waals surface area contributed by atoms with Crippen LogP contribution >= 0.6 is 24.8 Å². The summed E-state index contributed by atoms with van der Waals surface area (Å²) in [5.74, 6) is 2.56. The van der Waals surface area contributed by atoms with Crippen LogP contribution in [-0.4, -0.2) is 11.9 Å². The molecule has 0 heterocycles. The summed E-state index contributed by atoms with van der Waals surface area (Å²) in [6.45, 7) is 0. The van der Waals surface area contributed by atoms with E-state index in [1.807, 2.05) is 18.2 Å². The van der Waals surface area contributed by atoms with E-state index in [0.717, 1.165) is 0 Å². The molecule has 30 heavy (non-hydrogen) atoms. The second-order valence-corrected chi connectivity index (χ2v) is 5.74. The maximum Gasteiger partial charge on any atom is 0.191 e. The topological polar surface area (TPSA) is 147 Å². The van der Waals surface area contributed by atoms with E-state index in [4.69, 9.17) is 32.4 Å². The number of nitrogens with zero attached hydrogens (tertiary/aromatic N) is 2. The number of hydrogen-bond acceptors (Lipinski definition) is 4. The van der Waals surface area contributed by atoms with Crippen LogP contribution in [0.5, 0.6) is 23.0 Å². The Kier molecular flexibility index (Phi) is 9.28. The number of aliphatic imine (C=N–C) groups is 2. The molecule has 0 aliphatic heterocycles. The Hall–Kier alpha value is -3.62. The van der Waals surface area contributed by atoms with Gasteiger partial charge in [0.1, 0.15) is 23.0 Å². The van der Waals surface area contributed by atoms with Crippen molar-refractivity contribution in [2.45, 2.75) is 0 Å². The SMILES string of the molecule is Cl.Cl.NC(N)=Nc1ccc(Oc2cccc(Oc3ccc(N=C(N)N)cc3)c2)cc1. The molecule has 0 spiro atoms. The van der Waals surface area contributed by atoms with Crippen molar-refractivity contribution < 1.29 is 9.47 Å². The fraction of sp³-hybridized carbons (Fsp3) is 0. The third-order valence-corrected chi connectivity index (χ3v) is 3.47. The number of rotatable bonds is 6. The Morgan fingerprint density at radius 1 is 0.533 bits per heavy atom. The summed E-state index contributed by atoms with van der Waals surface area (Å²) in [5.41, 5.74) is 22.7. The molecule has 3 rings (SSSR count). The largest absolute Gasteiger partial charge is 0.457 e. The summed E-state index contributed by atoms with van der Waals surface area (Å²) in [4.78, 5) is 7.93. The molecule has 0 bridgehead atoms. The summed E-state index contributed by atoms with van der Waals surface area (Å²) < 4.78 is 11.7. The first-order valence-electron chi connectivity index (χ1n) is 8.33. The number of ether oxygens (including phenoxy) is 2. The van der Waals surface area contributed by atoms with E-state index < -0.39 is 0 Å². The summed E-state index contributed by atoms with van der Waals surface area (Å²) >= 11 is 0. The van der Waals surface area contributed by atoms with Crippen LogP contribution in [0.25, 0.3) is 0 Å². The molecule has 8 N–H and O–H groups in total. The van der Waals surface area contributed by atoms with Gasteiger partial charge >= 0.3 is 0 Å². The highest BCUT2D eigenvalue weighted by Crippen LogP contribution is 2.30. The van der Waals surface area contributed by atoms with Gasteiger partial charge in [-0.3, -0.25) is 0 Å². The van der Waals surface area contributed by atoms with Crippen molar-refractivity contribution >= 4 is 48.1 Å². The number of hydrogen-bond donors (Lipinski definition) is 4. The van der Waals surface area contributed by atoms with Crippen LogP contribution in [0.15, 0.2) is 82.8 Å². The van der Waals surface area contributed by atoms with Crippen LogP contribution in [0.2, 0.25) is 0 Å². The van der Waals surface area contributed by atoms with Gasteiger partial charge < -0.3 is 32.4 Å². The third-order valence-electron chi connectivity index (χ3n) is 3.47. The first-order valence-corrected chi connectivity index (χ1v) is 8.33. The van der Waals surface area contributed by atoms with Gasteiger partial charge in [-0.2, -0.15) is 0 Å². The summed E-state index contributed by atoms with van der Waals surface area (Å²) in [6.07, 6.45) is 0. The zero-order chi connectivity index (χ0) is 19.9. The normalized spacial score (nSPS) is 9.33. The van der Waals surface area contributed by atoms with Crippen molar-refractivity contribution in [3.63, 3.8) is 0 Å². The zero-order valence-electron chi connectivity index (χ0n) is 15.8. The number of guanidine groups is 2. The first kappa shape index (κ1) is 24.4. The fourth-order valence-electron chi connectivity index (χ4n) is 2.35. The molecule has 0 aliphatic rings. The third kappa shape index (κ3) is 7.42. The van der Waals surface area contributed by atoms with Gasteiger partial charge in [0.2, 0.25) is 0 Å². The van der Waals surface area contributed by atoms with Gasteiger partial charge in [-0.1, -0.05) is 6.07 Å². The minimum atomic E-state index is 0. The average Bonchev–Trinajstić information content (AvgIpc) is 2.64. The Labute approximate surface area is 186 Å². The van der Waals surface area contributed by atoms with Gasteiger partial charge in [0, 0.05) is 6.07 Å². The molecular weight excluding hydrogens is 427 g/mol. The molecule has 0 aliphatic carbocycles. The molecule has 3 aromatic rings. The number of halogens is 2. The van der Waals surface area contributed by atoms with Gasteiger partial charge in [0.15, 0.2) is 11.9 Å². The Morgan fingerprint density at radius 3 is 1.23 bits per heavy atom. The number of benzene rings is 3. The molecule has 0 fully saturated rings. The highest BCUT2D eigenvalue weighted by Gasteiger charge is 2.03. The lowest BCUT2D eigenvalue weighted by atomic mass is 10.3. The van der Waals surface area contributed by atoms with Crippen LogP contribution in [0, 0.1) is 0 Å². The van der Waals surface area contributed by atoms with E-state index in [-0.39, 0.29) is 36.7 Å². The Morgan fingerprint density at radius 2 is 0.900 bits per heavy atom. The second kappa shape index (κ2) is 11.4. The lowest BCUT2D eigenvalue weighted by Gasteiger charge is -2.09. The van der Waals surface area contributed by atoms with E-state index in [0.29, 0.717) is 34.4 Å². The van der Waals surface area contributed by atoms with Crippen LogP contribution in [0.3, 0.4) is 0 Å². The molecule has 0 amide bonds. The van der Waals surface area contributed by atoms with Crippen LogP contribution in [0.1, 0.15) is 0 Å². The van der Waals surface area contributed by atoms with E-state index in [2.05, 4.69) is 9.98 Å². The zero-order valence-corrected chi connectivity index (χ0v) is 17.4. The van der Waals surface area contributed by atoms with Gasteiger partial charge in [-0.25, -0.2) is 9.98 Å². The minimum Gasteiger partial charge on any atom is -0.457 e. The van der Waals surface area contributed by atoms with E-state index in [1.165, 1.54) is 0 Å². The van der Waals surface area contributed by atoms with Crippen LogP contribution < -0.4 is 32.4 Å². The summed E-state index contributed by atoms with van der Waals surface area (Å²) in [5, 5.41) is 0. The lowest BCUT2D eigenvalue weighted by Crippen LogP contribution is -2.21. The summed E-state index contributed by atoms with van der Waals surface area (Å²) in [7, 11) is 0. The van der Waals surface area contributed by atoms with Crippen molar-refractivity contribution in [2.75, 3.05) is 0 Å². The number of nitrogens with two attached hydrogens (primary N) is 4. The van der Waals surface area contributed by atoms with Gasteiger partial charge in [0.25, 0.3) is 0 Å². The first-order chi connectivity index (χ1) is 13.5. The Balaban J connectivity index is 0.00000225. The monoisotopic (exact) mass is 448 g/mol. The van der Waals surface area contributed by atoms with Crippen molar-refractivity contribution in [2.24, 2.45) is 32.9 Å². The lowest BCUT2D eigenvalue weighted by molar-refractivity contribution is 0.460. The molecule has 10 heteroatoms. The predicted molar refractivity (Wildman–Crippen MR) is 125 cm³/mol. The van der Waals surface area contributed by atoms with Crippen molar-refractivity contribution in [1.82, 2.24) is 0 Å². The van der Waals surface area contributed by atoms with Crippen LogP contribution in [-0.2, 0) is 0 Å². The highest BCUT2D eigenvalue weighted by atomic mass is 35.5. The van der Waals surface area contributed by atoms with Gasteiger partial charge in [0.05, 0.1) is 11.4 Å². The smallest absolute Gasteiger partial charge is 0.191 e. The molecule has 0 saturated heterocycles. The molecule has 0 radical (unpaired) electrons. The Bertz CT molecular complexity index is 922. The van der Waals surface area contributed by atoms with Gasteiger partial charge in [-0.15, -0.1) is 24.8 Å². The molecule has 3 aromatic carbocycles. The quantitative estimate of drug-likeness (QED) is 0.331. The molecule has 8 nitrogen and oxygen atoms in total. The molecule has 0 unspecified atom stereocenters. The van der Waals surface area contributed by atoms with Gasteiger partial charge in [-0.05, 0) is 60.7 Å². The fourth-order valence-corrected chi connectivity index (χ4v) is 2.35. The van der Waals surface area contributed by atoms with Crippen molar-refractivity contribution in [3.8, 4) is 23.0 Å². The molecule has 0 saturated carbocycles. The average molecular weight is 449 g/mol. The molecule has 0 atom stereocenters. The van der Waals surface area contributed by atoms with Crippen molar-refractivity contribution in [1.29, 1.82) is 0 Å². The maximum atomic E-state index is 5.84. The van der Waals surface area contributed by atoms with Crippen molar-refractivity contribution in [3.05, 3.63) is 72.8 Å². The highest BCUT2D eigenvalue weighted by molar-refractivity contribution is 5.85. The maximum absolute atomic E-state index is 5.84. The molecule has 0 aromatic heterocycles. The second-order valence-electron chi connectivity index (χ2n) is 5.74. The van der Waals surface area contributed by atoms with E-state index in [9.17, 15) is 0 Å². The standard InChI is InChI=1S/C20H20N6O2.2ClH/c21-19(22)25-13-4-8-15(9-5-13)27-17-2-1-3-18(12-17)28-16-10-6-14(7-11-16)26-20(23)24;;/h1-12H,(H4,21,22,25)(H4,23,24,26);2*1H. The molecule has 158 valence electrons. The predicted octanol–water partition coefficient (Wildman–Crippen LogP) is 3.92. The molecular formula is C20H22Cl2N6O2. The van der Waals surface area contributed by atoms with Crippen LogP contribution in [0.4, 0.5) is 11.4 Å². The minimum absolute atomic E-state index is 0.